The van der Waals surface area contributed by atoms with Gasteiger partial charge >= 0.3 is 0 Å². The average Bonchev–Trinajstić information content (AvgIpc) is 2.51. The van der Waals surface area contributed by atoms with Gasteiger partial charge in [0.05, 0.1) is 17.2 Å². The molecule has 1 aliphatic rings. The Morgan fingerprint density at radius 1 is 1.64 bits per heavy atom. The van der Waals surface area contributed by atoms with Crippen LogP contribution in [0.2, 0.25) is 0 Å². The van der Waals surface area contributed by atoms with Crippen LogP contribution in [0.4, 0.5) is 8.78 Å². The van der Waals surface area contributed by atoms with Crippen LogP contribution in [0.3, 0.4) is 0 Å². The Hall–Kier alpha value is -0.490. The number of aromatic nitrogens is 2. The molecular weight excluding hydrogens is 256 g/mol. The number of hydrogen-bond donors (Lipinski definition) is 1. The van der Waals surface area contributed by atoms with E-state index in [9.17, 15) is 8.78 Å². The van der Waals surface area contributed by atoms with E-state index in [1.165, 1.54) is 10.9 Å². The Morgan fingerprint density at radius 2 is 2.43 bits per heavy atom. The Labute approximate surface area is 88.6 Å². The first-order chi connectivity index (χ1) is 6.59. The summed E-state index contributed by atoms with van der Waals surface area (Å²) >= 11 is 3.19. The molecule has 6 heteroatoms. The van der Waals surface area contributed by atoms with Gasteiger partial charge in [-0.2, -0.15) is 5.10 Å². The van der Waals surface area contributed by atoms with Gasteiger partial charge in [-0.25, -0.2) is 8.78 Å². The first-order valence-electron chi connectivity index (χ1n) is 4.38. The third-order valence-electron chi connectivity index (χ3n) is 2.33. The van der Waals surface area contributed by atoms with Crippen LogP contribution in [0.5, 0.6) is 0 Å². The molecule has 2 heterocycles. The Morgan fingerprint density at radius 3 is 3.00 bits per heavy atom. The number of hydrogen-bond acceptors (Lipinski definition) is 2. The molecule has 1 saturated heterocycles. The molecule has 14 heavy (non-hydrogen) atoms. The fourth-order valence-corrected chi connectivity index (χ4v) is 1.94. The lowest BCUT2D eigenvalue weighted by Gasteiger charge is -2.31. The van der Waals surface area contributed by atoms with Gasteiger partial charge in [0, 0.05) is 6.20 Å². The molecule has 0 aliphatic carbocycles. The van der Waals surface area contributed by atoms with Gasteiger partial charge < -0.3 is 5.32 Å². The van der Waals surface area contributed by atoms with Crippen LogP contribution < -0.4 is 5.32 Å². The second kappa shape index (κ2) is 3.58. The quantitative estimate of drug-likeness (QED) is 0.840. The van der Waals surface area contributed by atoms with E-state index in [1.54, 1.807) is 6.20 Å². The van der Waals surface area contributed by atoms with Crippen molar-refractivity contribution in [3.05, 3.63) is 16.9 Å². The van der Waals surface area contributed by atoms with Crippen LogP contribution in [-0.4, -0.2) is 28.8 Å². The number of halogens is 3. The van der Waals surface area contributed by atoms with E-state index in [4.69, 9.17) is 0 Å². The van der Waals surface area contributed by atoms with Gasteiger partial charge in [-0.05, 0) is 28.9 Å². The van der Waals surface area contributed by atoms with Crippen LogP contribution in [0.15, 0.2) is 16.9 Å². The summed E-state index contributed by atoms with van der Waals surface area (Å²) in [5.41, 5.74) is 0. The lowest BCUT2D eigenvalue weighted by Crippen LogP contribution is -2.47. The van der Waals surface area contributed by atoms with Gasteiger partial charge in [0.15, 0.2) is 0 Å². The van der Waals surface area contributed by atoms with E-state index in [0.29, 0.717) is 13.0 Å². The number of nitrogens with zero attached hydrogens (tertiary/aromatic N) is 2. The van der Waals surface area contributed by atoms with Crippen molar-refractivity contribution in [3.63, 3.8) is 0 Å². The largest absolute Gasteiger partial charge is 0.311 e. The standard InChI is InChI=1S/C8H10BrF2N3/c9-6-3-13-14(4-6)7-1-2-12-5-8(7,10)11/h3-4,7,12H,1-2,5H2/t7-/m1/s1. The lowest BCUT2D eigenvalue weighted by atomic mass is 10.0. The monoisotopic (exact) mass is 265 g/mol. The number of alkyl halides is 2. The first-order valence-corrected chi connectivity index (χ1v) is 5.17. The maximum Gasteiger partial charge on any atom is 0.282 e. The summed E-state index contributed by atoms with van der Waals surface area (Å²) in [5.74, 6) is -2.72. The van der Waals surface area contributed by atoms with Crippen molar-refractivity contribution in [1.82, 2.24) is 15.1 Å². The smallest absolute Gasteiger partial charge is 0.282 e. The lowest BCUT2D eigenvalue weighted by molar-refractivity contribution is -0.0697. The predicted molar refractivity (Wildman–Crippen MR) is 51.4 cm³/mol. The minimum absolute atomic E-state index is 0.269. The highest BCUT2D eigenvalue weighted by Crippen LogP contribution is 2.33. The summed E-state index contributed by atoms with van der Waals surface area (Å²) in [6.07, 6.45) is 3.52. The van der Waals surface area contributed by atoms with Gasteiger partial charge in [0.25, 0.3) is 5.92 Å². The molecule has 0 amide bonds. The van der Waals surface area contributed by atoms with Gasteiger partial charge in [-0.15, -0.1) is 0 Å². The summed E-state index contributed by atoms with van der Waals surface area (Å²) in [5, 5.41) is 6.58. The molecule has 1 atom stereocenters. The van der Waals surface area contributed by atoms with E-state index in [-0.39, 0.29) is 6.54 Å². The molecule has 0 aromatic carbocycles. The zero-order valence-corrected chi connectivity index (χ0v) is 8.97. The molecule has 0 spiro atoms. The fourth-order valence-electron chi connectivity index (χ4n) is 1.63. The second-order valence-corrected chi connectivity index (χ2v) is 4.30. The third kappa shape index (κ3) is 1.81. The van der Waals surface area contributed by atoms with Crippen molar-refractivity contribution in [2.24, 2.45) is 0 Å². The highest BCUT2D eigenvalue weighted by Gasteiger charge is 2.43. The summed E-state index contributed by atoms with van der Waals surface area (Å²) in [6.45, 7) is 0.340. The van der Waals surface area contributed by atoms with Gasteiger partial charge in [-0.3, -0.25) is 4.68 Å². The average molecular weight is 266 g/mol. The SMILES string of the molecule is FC1(F)CNCC[C@H]1n1cc(Br)cn1. The molecule has 78 valence electrons. The molecule has 1 aliphatic heterocycles. The Balaban J connectivity index is 2.23. The summed E-state index contributed by atoms with van der Waals surface area (Å²) in [7, 11) is 0. The molecule has 0 unspecified atom stereocenters. The maximum absolute atomic E-state index is 13.4. The van der Waals surface area contributed by atoms with E-state index in [2.05, 4.69) is 26.3 Å². The van der Waals surface area contributed by atoms with Crippen molar-refractivity contribution >= 4 is 15.9 Å². The topological polar surface area (TPSA) is 29.9 Å². The molecule has 1 aromatic rings. The van der Waals surface area contributed by atoms with E-state index >= 15 is 0 Å². The second-order valence-electron chi connectivity index (χ2n) is 3.38. The van der Waals surface area contributed by atoms with E-state index in [0.717, 1.165) is 4.47 Å². The van der Waals surface area contributed by atoms with Crippen LogP contribution in [0.25, 0.3) is 0 Å². The highest BCUT2D eigenvalue weighted by atomic mass is 79.9. The number of rotatable bonds is 1. The van der Waals surface area contributed by atoms with E-state index < -0.39 is 12.0 Å². The Kier molecular flexibility index (Phi) is 2.57. The zero-order valence-electron chi connectivity index (χ0n) is 7.38. The molecule has 1 aromatic heterocycles. The zero-order chi connectivity index (χ0) is 10.2. The molecule has 0 saturated carbocycles. The van der Waals surface area contributed by atoms with Crippen molar-refractivity contribution < 1.29 is 8.78 Å². The maximum atomic E-state index is 13.4. The minimum Gasteiger partial charge on any atom is -0.311 e. The van der Waals surface area contributed by atoms with Crippen molar-refractivity contribution in [3.8, 4) is 0 Å². The van der Waals surface area contributed by atoms with Gasteiger partial charge in [0.2, 0.25) is 0 Å². The molecule has 3 nitrogen and oxygen atoms in total. The molecule has 0 radical (unpaired) electrons. The van der Waals surface area contributed by atoms with Gasteiger partial charge in [0.1, 0.15) is 6.04 Å². The summed E-state index contributed by atoms with van der Waals surface area (Å²) in [6, 6.07) is -0.824. The number of nitrogens with one attached hydrogen (secondary N) is 1. The van der Waals surface area contributed by atoms with E-state index in [1.807, 2.05) is 0 Å². The van der Waals surface area contributed by atoms with Crippen LogP contribution in [-0.2, 0) is 0 Å². The van der Waals surface area contributed by atoms with Crippen molar-refractivity contribution in [2.75, 3.05) is 13.1 Å². The molecule has 0 bridgehead atoms. The molecular formula is C8H10BrF2N3. The molecule has 1 fully saturated rings. The van der Waals surface area contributed by atoms with Crippen molar-refractivity contribution in [1.29, 1.82) is 0 Å². The third-order valence-corrected chi connectivity index (χ3v) is 2.74. The van der Waals surface area contributed by atoms with Crippen LogP contribution in [0.1, 0.15) is 12.5 Å². The molecule has 1 N–H and O–H groups in total. The predicted octanol–water partition coefficient (Wildman–Crippen LogP) is 1.82. The molecule has 2 rings (SSSR count). The van der Waals surface area contributed by atoms with Crippen LogP contribution >= 0.6 is 15.9 Å². The number of piperidine rings is 1. The summed E-state index contributed by atoms with van der Waals surface area (Å²) < 4.78 is 28.9. The Bertz CT molecular complexity index is 326. The highest BCUT2D eigenvalue weighted by molar-refractivity contribution is 9.10. The normalized spacial score (nSPS) is 26.4. The minimum atomic E-state index is -2.72. The fraction of sp³-hybridized carbons (Fsp3) is 0.625. The first kappa shape index (κ1) is 10.0. The van der Waals surface area contributed by atoms with Crippen molar-refractivity contribution in [2.45, 2.75) is 18.4 Å². The van der Waals surface area contributed by atoms with Crippen LogP contribution in [0, 0.1) is 0 Å². The van der Waals surface area contributed by atoms with Gasteiger partial charge in [-0.1, -0.05) is 0 Å². The summed E-state index contributed by atoms with van der Waals surface area (Å²) in [4.78, 5) is 0.